The van der Waals surface area contributed by atoms with E-state index < -0.39 is 0 Å². The standard InChI is InChI=1S/C8H10N2S2/c1-11-6-2-5-12-7(6)8-9-3-4-10-8/h2,5H,3-4H2,1H3,(H,9,10). The van der Waals surface area contributed by atoms with Crippen molar-refractivity contribution in [1.29, 1.82) is 0 Å². The molecule has 0 atom stereocenters. The second-order valence-corrected chi connectivity index (χ2v) is 4.24. The molecule has 0 fully saturated rings. The van der Waals surface area contributed by atoms with Crippen molar-refractivity contribution >= 4 is 28.9 Å². The van der Waals surface area contributed by atoms with Crippen LogP contribution in [0.2, 0.25) is 0 Å². The normalized spacial score (nSPS) is 15.9. The fourth-order valence-corrected chi connectivity index (χ4v) is 2.92. The fraction of sp³-hybridized carbons (Fsp3) is 0.375. The molecule has 0 aliphatic carbocycles. The van der Waals surface area contributed by atoms with Crippen molar-refractivity contribution in [1.82, 2.24) is 5.32 Å². The van der Waals surface area contributed by atoms with Crippen LogP contribution < -0.4 is 5.32 Å². The largest absolute Gasteiger partial charge is 0.367 e. The Labute approximate surface area is 80.1 Å². The summed E-state index contributed by atoms with van der Waals surface area (Å²) in [4.78, 5) is 7.01. The van der Waals surface area contributed by atoms with Crippen molar-refractivity contribution in [2.45, 2.75) is 4.90 Å². The van der Waals surface area contributed by atoms with Crippen LogP contribution >= 0.6 is 23.1 Å². The molecule has 0 radical (unpaired) electrons. The predicted octanol–water partition coefficient (Wildman–Crippen LogP) is 1.82. The van der Waals surface area contributed by atoms with Gasteiger partial charge in [-0.1, -0.05) is 0 Å². The molecular formula is C8H10N2S2. The molecule has 1 N–H and O–H groups in total. The molecule has 2 heterocycles. The molecule has 1 aliphatic heterocycles. The van der Waals surface area contributed by atoms with Crippen LogP contribution in [0.1, 0.15) is 4.88 Å². The highest BCUT2D eigenvalue weighted by Crippen LogP contribution is 2.26. The molecule has 1 aromatic rings. The van der Waals surface area contributed by atoms with E-state index in [1.54, 1.807) is 23.1 Å². The van der Waals surface area contributed by atoms with Gasteiger partial charge in [0.15, 0.2) is 0 Å². The molecule has 64 valence electrons. The van der Waals surface area contributed by atoms with Gasteiger partial charge in [0, 0.05) is 11.4 Å². The minimum absolute atomic E-state index is 0.918. The van der Waals surface area contributed by atoms with Crippen LogP contribution in [0.15, 0.2) is 21.3 Å². The zero-order chi connectivity index (χ0) is 8.39. The van der Waals surface area contributed by atoms with E-state index >= 15 is 0 Å². The summed E-state index contributed by atoms with van der Waals surface area (Å²) in [6.07, 6.45) is 2.10. The SMILES string of the molecule is CSc1ccsc1C1=NCCN1. The van der Waals surface area contributed by atoms with E-state index in [-0.39, 0.29) is 0 Å². The van der Waals surface area contributed by atoms with Crippen molar-refractivity contribution in [3.8, 4) is 0 Å². The van der Waals surface area contributed by atoms with Crippen LogP contribution in [0, 0.1) is 0 Å². The first kappa shape index (κ1) is 8.13. The zero-order valence-corrected chi connectivity index (χ0v) is 8.47. The third-order valence-corrected chi connectivity index (χ3v) is 3.57. The van der Waals surface area contributed by atoms with Crippen LogP contribution in [0.5, 0.6) is 0 Å². The van der Waals surface area contributed by atoms with Gasteiger partial charge in [0.05, 0.1) is 11.4 Å². The van der Waals surface area contributed by atoms with Crippen LogP contribution in [0.3, 0.4) is 0 Å². The molecule has 2 nitrogen and oxygen atoms in total. The Morgan fingerprint density at radius 3 is 3.25 bits per heavy atom. The van der Waals surface area contributed by atoms with Crippen molar-refractivity contribution in [2.75, 3.05) is 19.3 Å². The lowest BCUT2D eigenvalue weighted by atomic mass is 10.4. The highest BCUT2D eigenvalue weighted by atomic mass is 32.2. The number of thiophene rings is 1. The number of amidine groups is 1. The van der Waals surface area contributed by atoms with E-state index in [0.717, 1.165) is 18.9 Å². The summed E-state index contributed by atoms with van der Waals surface area (Å²) in [6.45, 7) is 1.90. The zero-order valence-electron chi connectivity index (χ0n) is 6.83. The van der Waals surface area contributed by atoms with Gasteiger partial charge in [-0.2, -0.15) is 0 Å². The molecule has 1 aliphatic rings. The van der Waals surface area contributed by atoms with Crippen LogP contribution in [-0.2, 0) is 0 Å². The Kier molecular flexibility index (Phi) is 2.37. The Balaban J connectivity index is 2.32. The van der Waals surface area contributed by atoms with Crippen molar-refractivity contribution in [2.24, 2.45) is 4.99 Å². The number of nitrogens with one attached hydrogen (secondary N) is 1. The van der Waals surface area contributed by atoms with Gasteiger partial charge in [0.2, 0.25) is 0 Å². The highest BCUT2D eigenvalue weighted by Gasteiger charge is 2.12. The van der Waals surface area contributed by atoms with Gasteiger partial charge in [-0.25, -0.2) is 0 Å². The van der Waals surface area contributed by atoms with Gasteiger partial charge >= 0.3 is 0 Å². The van der Waals surface area contributed by atoms with Crippen molar-refractivity contribution in [3.63, 3.8) is 0 Å². The van der Waals surface area contributed by atoms with Gasteiger partial charge in [-0.3, -0.25) is 4.99 Å². The Bertz CT molecular complexity index is 304. The molecule has 0 amide bonds. The first-order chi connectivity index (χ1) is 5.92. The average Bonchev–Trinajstić information content (AvgIpc) is 2.74. The number of thioether (sulfide) groups is 1. The van der Waals surface area contributed by atoms with Crippen LogP contribution in [0.4, 0.5) is 0 Å². The lowest BCUT2D eigenvalue weighted by molar-refractivity contribution is 0.960. The topological polar surface area (TPSA) is 24.4 Å². The van der Waals surface area contributed by atoms with Gasteiger partial charge in [-0.15, -0.1) is 23.1 Å². The van der Waals surface area contributed by atoms with Crippen LogP contribution in [0.25, 0.3) is 0 Å². The molecule has 4 heteroatoms. The summed E-state index contributed by atoms with van der Waals surface area (Å²) in [5, 5.41) is 5.40. The average molecular weight is 198 g/mol. The van der Waals surface area contributed by atoms with Gasteiger partial charge in [0.1, 0.15) is 5.84 Å². The first-order valence-corrected chi connectivity index (χ1v) is 5.92. The van der Waals surface area contributed by atoms with Gasteiger partial charge in [-0.05, 0) is 17.7 Å². The van der Waals surface area contributed by atoms with E-state index in [9.17, 15) is 0 Å². The summed E-state index contributed by atoms with van der Waals surface area (Å²) < 4.78 is 0. The molecule has 12 heavy (non-hydrogen) atoms. The Morgan fingerprint density at radius 2 is 2.58 bits per heavy atom. The molecule has 0 saturated heterocycles. The lowest BCUT2D eigenvalue weighted by Crippen LogP contribution is -2.18. The maximum Gasteiger partial charge on any atom is 0.139 e. The third-order valence-electron chi connectivity index (χ3n) is 1.74. The van der Waals surface area contributed by atoms with Gasteiger partial charge < -0.3 is 5.32 Å². The van der Waals surface area contributed by atoms with E-state index in [1.807, 2.05) is 0 Å². The maximum atomic E-state index is 4.39. The third kappa shape index (κ3) is 1.36. The van der Waals surface area contributed by atoms with E-state index in [0.29, 0.717) is 0 Å². The second-order valence-electron chi connectivity index (χ2n) is 2.48. The summed E-state index contributed by atoms with van der Waals surface area (Å²) in [5.41, 5.74) is 0. The van der Waals surface area contributed by atoms with Crippen molar-refractivity contribution in [3.05, 3.63) is 16.3 Å². The molecule has 0 saturated carbocycles. The van der Waals surface area contributed by atoms with Crippen LogP contribution in [-0.4, -0.2) is 25.2 Å². The molecule has 0 unspecified atom stereocenters. The first-order valence-electron chi connectivity index (χ1n) is 3.82. The van der Waals surface area contributed by atoms with E-state index in [1.165, 1.54) is 9.77 Å². The molecule has 0 spiro atoms. The van der Waals surface area contributed by atoms with E-state index in [2.05, 4.69) is 28.0 Å². The number of hydrogen-bond acceptors (Lipinski definition) is 4. The lowest BCUT2D eigenvalue weighted by Gasteiger charge is -2.00. The number of hydrogen-bond donors (Lipinski definition) is 1. The summed E-state index contributed by atoms with van der Waals surface area (Å²) in [5.74, 6) is 1.08. The highest BCUT2D eigenvalue weighted by molar-refractivity contribution is 7.98. The summed E-state index contributed by atoms with van der Waals surface area (Å²) >= 11 is 3.54. The second kappa shape index (κ2) is 3.49. The molecule has 0 aromatic carbocycles. The minimum atomic E-state index is 0.918. The molecule has 1 aromatic heterocycles. The molecule has 0 bridgehead atoms. The smallest absolute Gasteiger partial charge is 0.139 e. The fourth-order valence-electron chi connectivity index (χ4n) is 1.18. The molecule has 2 rings (SSSR count). The van der Waals surface area contributed by atoms with E-state index in [4.69, 9.17) is 0 Å². The Morgan fingerprint density at radius 1 is 1.67 bits per heavy atom. The number of nitrogens with zero attached hydrogens (tertiary/aromatic N) is 1. The maximum absolute atomic E-state index is 4.39. The quantitative estimate of drug-likeness (QED) is 0.733. The Hall–Kier alpha value is -0.480. The minimum Gasteiger partial charge on any atom is -0.367 e. The van der Waals surface area contributed by atoms with Gasteiger partial charge in [0.25, 0.3) is 0 Å². The summed E-state index contributed by atoms with van der Waals surface area (Å²) in [7, 11) is 0. The predicted molar refractivity (Wildman–Crippen MR) is 55.5 cm³/mol. The molecular weight excluding hydrogens is 188 g/mol. The van der Waals surface area contributed by atoms with Crippen molar-refractivity contribution < 1.29 is 0 Å². The number of rotatable bonds is 2. The summed E-state index contributed by atoms with van der Waals surface area (Å²) in [6, 6.07) is 2.15. The monoisotopic (exact) mass is 198 g/mol. The number of aliphatic imine (C=N–C) groups is 1.